The molecule has 0 saturated heterocycles. The van der Waals surface area contributed by atoms with Gasteiger partial charge < -0.3 is 56.8 Å². The zero-order valence-corrected chi connectivity index (χ0v) is 80.2. The van der Waals surface area contributed by atoms with E-state index in [9.17, 15) is 30.0 Å². The molecule has 0 unspecified atom stereocenters. The standard InChI is InChI=1S/2C29H28N4O2.C28H26N4O3.C27H23FN4O3/c1-6-26(25-9-7-8-12-30-25)33-16-24(21-11-10-17(2)23(13-21)19(4)34)29-27(33)14-22(15-31-29)28-18(3)32-35-20(28)5;1-5-26(25-11-6-7-12-30-25)33-17-24(22-10-8-9-21(14-22)13-18(2)34)29-27(33)15-23(16-31-29)28-19(3)32-35-20(28)4;1-5-24(23-8-6-7-11-29-23)32-15-22(19-9-10-21(28(33)34)16(2)12-19)27-25(32)13-20(14-30-27)26-17(3)31-35-18(26)4;1-4-23(22-7-5-6-10-29-22)32-14-20(19-9-8-17(27(33)34)11-21(19)28)26-24(32)12-18(13-30-26)25-15(2)31-35-16(25)3/h7-16,26,34H,4,6H2,1-3,5H3;6-12,14-17,26,34H,2,5,13H2,1,3-4H3;6-15,24H,5H2,1-4H3,(H,33,34);5-14,23H,4H2,1-3H3,(H,33,34)/t2*26-;24-;23-/m0000/s1. The Hall–Kier alpha value is -17.0. The van der Waals surface area contributed by atoms with Gasteiger partial charge in [-0.2, -0.15) is 0 Å². The predicted octanol–water partition coefficient (Wildman–Crippen LogP) is 26.8. The van der Waals surface area contributed by atoms with Crippen LogP contribution in [0.4, 0.5) is 4.39 Å². The van der Waals surface area contributed by atoms with Crippen molar-refractivity contribution in [3.05, 3.63) is 377 Å². The molecule has 0 spiro atoms. The quantitative estimate of drug-likeness (QED) is 0.0386. The minimum Gasteiger partial charge on any atom is -0.513 e. The van der Waals surface area contributed by atoms with E-state index < -0.39 is 17.8 Å². The van der Waals surface area contributed by atoms with Crippen LogP contribution in [0.15, 0.2) is 287 Å². The van der Waals surface area contributed by atoms with E-state index in [1.807, 2.05) is 216 Å². The molecule has 0 amide bonds. The van der Waals surface area contributed by atoms with Gasteiger partial charge >= 0.3 is 11.9 Å². The minimum absolute atomic E-state index is 0.00792. The average molecular weight is 1870 g/mol. The average Bonchev–Trinajstić information content (AvgIpc) is 1.61. The van der Waals surface area contributed by atoms with Crippen LogP contribution < -0.4 is 0 Å². The molecule has 0 fully saturated rings. The molecule has 4 aromatic carbocycles. The third-order valence-electron chi connectivity index (χ3n) is 25.8. The lowest BCUT2D eigenvalue weighted by Crippen LogP contribution is -2.10. The third-order valence-corrected chi connectivity index (χ3v) is 25.8. The second-order valence-corrected chi connectivity index (χ2v) is 34.9. The number of aryl methyl sites for hydroxylation is 10. The van der Waals surface area contributed by atoms with Crippen molar-refractivity contribution in [1.29, 1.82) is 0 Å². The molecule has 0 aliphatic heterocycles. The van der Waals surface area contributed by atoms with Gasteiger partial charge in [0, 0.05) is 159 Å². The second-order valence-electron chi connectivity index (χ2n) is 34.9. The maximum atomic E-state index is 15.1. The number of carboxylic acids is 2. The van der Waals surface area contributed by atoms with Gasteiger partial charge in [0.05, 0.1) is 131 Å². The summed E-state index contributed by atoms with van der Waals surface area (Å²) in [6.07, 6.45) is 26.6. The van der Waals surface area contributed by atoms with E-state index in [0.717, 1.165) is 228 Å². The van der Waals surface area contributed by atoms with E-state index in [0.29, 0.717) is 34.4 Å². The molecule has 20 rings (SSSR count). The molecule has 20 aromatic rings. The van der Waals surface area contributed by atoms with Crippen LogP contribution >= 0.6 is 0 Å². The van der Waals surface area contributed by atoms with Crippen LogP contribution in [0.5, 0.6) is 0 Å². The first kappa shape index (κ1) is 94.8. The number of allylic oxidation sites excluding steroid dienone is 1. The van der Waals surface area contributed by atoms with Gasteiger partial charge in [-0.1, -0.05) is 140 Å². The summed E-state index contributed by atoms with van der Waals surface area (Å²) >= 11 is 0. The molecule has 0 saturated carbocycles. The van der Waals surface area contributed by atoms with Crippen LogP contribution in [0.2, 0.25) is 0 Å². The van der Waals surface area contributed by atoms with Crippen LogP contribution in [0.25, 0.3) is 139 Å². The Balaban J connectivity index is 0.000000129. The summed E-state index contributed by atoms with van der Waals surface area (Å²) in [5, 5.41) is 55.0. The van der Waals surface area contributed by atoms with Crippen molar-refractivity contribution in [3.63, 3.8) is 0 Å². The first-order valence-corrected chi connectivity index (χ1v) is 46.3. The number of aliphatic hydroxyl groups is 2. The number of hydrogen-bond acceptors (Lipinski definition) is 20. The molecule has 0 bridgehead atoms. The fraction of sp³-hybridized carbons (Fsp3) is 0.204. The number of aromatic carboxylic acids is 2. The van der Waals surface area contributed by atoms with Crippen molar-refractivity contribution in [2.75, 3.05) is 0 Å². The Morgan fingerprint density at radius 2 is 0.693 bits per heavy atom. The summed E-state index contributed by atoms with van der Waals surface area (Å²) in [4.78, 5) is 60.8. The first-order chi connectivity index (χ1) is 67.6. The monoisotopic (exact) mass is 1860 g/mol. The number of aromatic nitrogens is 16. The Labute approximate surface area is 807 Å². The van der Waals surface area contributed by atoms with Crippen LogP contribution in [-0.4, -0.2) is 111 Å². The molecule has 0 aliphatic rings. The van der Waals surface area contributed by atoms with Gasteiger partial charge in [-0.05, 0) is 225 Å². The Morgan fingerprint density at radius 3 is 1.00 bits per heavy atom. The van der Waals surface area contributed by atoms with Gasteiger partial charge in [0.15, 0.2) is 0 Å². The number of nitrogens with zero attached hydrogens (tertiary/aromatic N) is 16. The van der Waals surface area contributed by atoms with E-state index in [4.69, 9.17) is 38.0 Å². The highest BCUT2D eigenvalue weighted by atomic mass is 19.1. The lowest BCUT2D eigenvalue weighted by Gasteiger charge is -2.18. The summed E-state index contributed by atoms with van der Waals surface area (Å²) in [7, 11) is 0. The molecule has 16 heterocycles. The number of aliphatic hydroxyl groups excluding tert-OH is 2. The summed E-state index contributed by atoms with van der Waals surface area (Å²) in [6.45, 7) is 35.0. The van der Waals surface area contributed by atoms with Crippen LogP contribution in [0.3, 0.4) is 0 Å². The Kier molecular flexibility index (Phi) is 27.4. The van der Waals surface area contributed by atoms with Crippen molar-refractivity contribution < 1.29 is 52.5 Å². The van der Waals surface area contributed by atoms with Gasteiger partial charge in [-0.3, -0.25) is 39.9 Å². The van der Waals surface area contributed by atoms with E-state index in [-0.39, 0.29) is 46.8 Å². The van der Waals surface area contributed by atoms with E-state index in [1.165, 1.54) is 12.1 Å². The normalized spacial score (nSPS) is 12.2. The molecule has 4 N–H and O–H groups in total. The molecule has 0 aliphatic carbocycles. The number of benzene rings is 4. The Morgan fingerprint density at radius 1 is 0.343 bits per heavy atom. The molecular weight excluding hydrogens is 1760 g/mol. The predicted molar refractivity (Wildman–Crippen MR) is 542 cm³/mol. The van der Waals surface area contributed by atoms with Gasteiger partial charge in [0.25, 0.3) is 0 Å². The maximum Gasteiger partial charge on any atom is 0.335 e. The summed E-state index contributed by atoms with van der Waals surface area (Å²) in [5.41, 5.74) is 32.0. The lowest BCUT2D eigenvalue weighted by molar-refractivity contribution is 0.0685. The highest BCUT2D eigenvalue weighted by Gasteiger charge is 2.30. The molecule has 140 heavy (non-hydrogen) atoms. The number of halogens is 1. The maximum absolute atomic E-state index is 15.1. The van der Waals surface area contributed by atoms with E-state index in [2.05, 4.69) is 167 Å². The smallest absolute Gasteiger partial charge is 0.335 e. The van der Waals surface area contributed by atoms with E-state index >= 15 is 4.39 Å². The van der Waals surface area contributed by atoms with Crippen LogP contribution in [-0.2, 0) is 6.42 Å². The fourth-order valence-electron chi connectivity index (χ4n) is 19.1. The number of fused-ring (bicyclic) bond motifs is 4. The molecule has 16 aromatic heterocycles. The van der Waals surface area contributed by atoms with Gasteiger partial charge in [0.2, 0.25) is 0 Å². The van der Waals surface area contributed by atoms with Crippen molar-refractivity contribution >= 4 is 61.8 Å². The number of carbonyl (C=O) groups is 2. The second kappa shape index (κ2) is 40.5. The number of rotatable bonds is 25. The fourth-order valence-corrected chi connectivity index (χ4v) is 19.1. The number of hydrogen-bond donors (Lipinski definition) is 4. The highest BCUT2D eigenvalue weighted by molar-refractivity contribution is 6.01. The highest BCUT2D eigenvalue weighted by Crippen LogP contribution is 2.45. The van der Waals surface area contributed by atoms with Crippen molar-refractivity contribution in [3.8, 4) is 89.0 Å². The summed E-state index contributed by atoms with van der Waals surface area (Å²) < 4.78 is 45.6. The molecule has 0 radical (unpaired) electrons. The molecule has 26 nitrogen and oxygen atoms in total. The molecule has 4 atom stereocenters. The zero-order valence-electron chi connectivity index (χ0n) is 80.2. The lowest BCUT2D eigenvalue weighted by atomic mass is 9.99. The molecule has 704 valence electrons. The first-order valence-electron chi connectivity index (χ1n) is 46.3. The SMILES string of the molecule is C=C(O)Cc1cccc(-c2cn([C@@H](CC)c3ccccn3)c3cc(-c4c(C)noc4C)cnc23)c1.C=C(O)c1cc(-c2cn([C@@H](CC)c3ccccn3)c3cc(-c4c(C)noc4C)cnc23)ccc1C.CC[C@@H](c1ccccn1)n1cc(-c2ccc(C(=O)O)c(C)c2)c2ncc(-c3c(C)noc3C)cc21.CC[C@@H](c1ccccn1)n1cc(-c2ccc(C(=O)O)cc2F)c2ncc(-c3c(C)noc3C)cc21. The van der Waals surface area contributed by atoms with Crippen molar-refractivity contribution in [2.45, 2.75) is 153 Å². The molecular formula is C113H105FN16O10. The van der Waals surface area contributed by atoms with Crippen molar-refractivity contribution in [1.82, 2.24) is 78.8 Å². The van der Waals surface area contributed by atoms with Gasteiger partial charge in [-0.15, -0.1) is 0 Å². The minimum atomic E-state index is -1.18. The summed E-state index contributed by atoms with van der Waals surface area (Å²) in [5.74, 6) is 0.453. The molecule has 27 heteroatoms. The van der Waals surface area contributed by atoms with Crippen LogP contribution in [0.1, 0.15) is 189 Å². The van der Waals surface area contributed by atoms with Crippen LogP contribution in [0, 0.1) is 75.1 Å². The zero-order chi connectivity index (χ0) is 98.6. The van der Waals surface area contributed by atoms with Gasteiger partial charge in [0.1, 0.15) is 34.6 Å². The number of pyridine rings is 8. The largest absolute Gasteiger partial charge is 0.513 e. The third kappa shape index (κ3) is 18.9. The Bertz CT molecular complexity index is 7970. The topological polar surface area (TPSA) is 342 Å². The van der Waals surface area contributed by atoms with Gasteiger partial charge in [-0.25, -0.2) is 14.0 Å². The summed E-state index contributed by atoms with van der Waals surface area (Å²) in [6, 6.07) is 55.8. The van der Waals surface area contributed by atoms with E-state index in [1.54, 1.807) is 18.5 Å². The van der Waals surface area contributed by atoms with Crippen molar-refractivity contribution in [2.24, 2.45) is 0 Å². The number of carboxylic acid groups (broad SMARTS) is 2.